The quantitative estimate of drug-likeness (QED) is 0.743. The van der Waals surface area contributed by atoms with E-state index in [1.54, 1.807) is 30.6 Å². The smallest absolute Gasteiger partial charge is 0.274 e. The van der Waals surface area contributed by atoms with Crippen molar-refractivity contribution in [1.82, 2.24) is 15.3 Å². The van der Waals surface area contributed by atoms with Crippen LogP contribution in [0.1, 0.15) is 16.9 Å². The van der Waals surface area contributed by atoms with Gasteiger partial charge in [-0.2, -0.15) is 0 Å². The second kappa shape index (κ2) is 7.05. The highest BCUT2D eigenvalue weighted by molar-refractivity contribution is 6.41. The molecule has 0 aromatic carbocycles. The Bertz CT molecular complexity index is 711. The highest BCUT2D eigenvalue weighted by Gasteiger charge is 2.29. The summed E-state index contributed by atoms with van der Waals surface area (Å²) in [7, 11) is 4.43. The van der Waals surface area contributed by atoms with Gasteiger partial charge in [-0.15, -0.1) is 0 Å². The van der Waals surface area contributed by atoms with Crippen molar-refractivity contribution in [3.8, 4) is 0 Å². The normalized spacial score (nSPS) is 17.1. The number of nitrogens with one attached hydrogen (secondary N) is 2. The van der Waals surface area contributed by atoms with E-state index in [1.165, 1.54) is 0 Å². The lowest BCUT2D eigenvalue weighted by Crippen LogP contribution is -2.51. The zero-order valence-electron chi connectivity index (χ0n) is 14.1. The summed E-state index contributed by atoms with van der Waals surface area (Å²) in [5.74, 6) is 0.625. The number of nitrogens with zero attached hydrogens (tertiary/aromatic N) is 3. The van der Waals surface area contributed by atoms with Crippen molar-refractivity contribution >= 4 is 33.1 Å². The number of pyridine rings is 2. The number of rotatable bonds is 3. The van der Waals surface area contributed by atoms with Crippen molar-refractivity contribution in [2.24, 2.45) is 0 Å². The fraction of sp³-hybridized carbons (Fsp3) is 0.312. The Kier molecular flexibility index (Phi) is 4.85. The van der Waals surface area contributed by atoms with Crippen LogP contribution in [0.25, 0.3) is 0 Å². The minimum Gasteiger partial charge on any atom is -0.366 e. The standard InChI is InChI=1S/C16H21B2N5O/c17-16(18)6-9-20-10-11-23(16)14-3-1-2-13(22-14)15(24)21-12-4-7-19-8-5-12/h1-5,7-8,20H,6,9-11,17-18H2,(H,19,21,24). The van der Waals surface area contributed by atoms with Gasteiger partial charge in [0.2, 0.25) is 0 Å². The van der Waals surface area contributed by atoms with Crippen molar-refractivity contribution in [3.05, 3.63) is 48.4 Å². The Hall–Kier alpha value is -2.34. The summed E-state index contributed by atoms with van der Waals surface area (Å²) >= 11 is 0. The molecule has 0 radical (unpaired) electrons. The van der Waals surface area contributed by atoms with Crippen LogP contribution in [0.15, 0.2) is 42.7 Å². The Morgan fingerprint density at radius 3 is 2.79 bits per heavy atom. The molecular weight excluding hydrogens is 300 g/mol. The molecule has 0 atom stereocenters. The maximum Gasteiger partial charge on any atom is 0.274 e. The lowest BCUT2D eigenvalue weighted by Gasteiger charge is -2.38. The number of hydrogen-bond acceptors (Lipinski definition) is 5. The van der Waals surface area contributed by atoms with Crippen LogP contribution in [-0.4, -0.2) is 56.5 Å². The first-order valence-corrected chi connectivity index (χ1v) is 8.23. The molecule has 0 spiro atoms. The SMILES string of the molecule is BC1(B)CCNCCN1c1cccc(C(=O)Nc2ccncc2)n1. The molecule has 1 amide bonds. The summed E-state index contributed by atoms with van der Waals surface area (Å²) in [4.78, 5) is 23.3. The molecule has 1 aliphatic heterocycles. The zero-order chi connectivity index (χ0) is 17.0. The van der Waals surface area contributed by atoms with E-state index < -0.39 is 0 Å². The molecule has 8 heteroatoms. The molecule has 1 saturated heterocycles. The fourth-order valence-electron chi connectivity index (χ4n) is 2.90. The van der Waals surface area contributed by atoms with Crippen molar-refractivity contribution in [1.29, 1.82) is 0 Å². The number of aromatic nitrogens is 2. The second-order valence-electron chi connectivity index (χ2n) is 6.54. The van der Waals surface area contributed by atoms with E-state index in [4.69, 9.17) is 0 Å². The van der Waals surface area contributed by atoms with Gasteiger partial charge >= 0.3 is 0 Å². The molecule has 6 nitrogen and oxygen atoms in total. The summed E-state index contributed by atoms with van der Waals surface area (Å²) in [6, 6.07) is 9.11. The van der Waals surface area contributed by atoms with Gasteiger partial charge in [-0.25, -0.2) is 4.98 Å². The molecule has 2 aromatic rings. The molecule has 3 rings (SSSR count). The minimum absolute atomic E-state index is 0.00327. The number of carbonyl (C=O) groups is 1. The first-order chi connectivity index (χ1) is 11.6. The number of amides is 1. The number of hydrogen-bond donors (Lipinski definition) is 2. The predicted octanol–water partition coefficient (Wildman–Crippen LogP) is -0.551. The molecule has 1 aliphatic rings. The van der Waals surface area contributed by atoms with E-state index in [9.17, 15) is 4.79 Å². The van der Waals surface area contributed by atoms with Crippen LogP contribution in [0, 0.1) is 0 Å². The van der Waals surface area contributed by atoms with E-state index in [-0.39, 0.29) is 11.2 Å². The molecular formula is C16H21B2N5O. The lowest BCUT2D eigenvalue weighted by molar-refractivity contribution is 0.102. The summed E-state index contributed by atoms with van der Waals surface area (Å²) in [5, 5.41) is 6.26. The van der Waals surface area contributed by atoms with Crippen LogP contribution in [-0.2, 0) is 0 Å². The molecule has 2 aromatic heterocycles. The van der Waals surface area contributed by atoms with Crippen LogP contribution >= 0.6 is 0 Å². The van der Waals surface area contributed by atoms with E-state index in [0.717, 1.165) is 31.9 Å². The third-order valence-corrected chi connectivity index (χ3v) is 4.34. The van der Waals surface area contributed by atoms with E-state index in [0.29, 0.717) is 11.4 Å². The third-order valence-electron chi connectivity index (χ3n) is 4.34. The second-order valence-corrected chi connectivity index (χ2v) is 6.54. The van der Waals surface area contributed by atoms with E-state index in [2.05, 4.69) is 41.2 Å². The van der Waals surface area contributed by atoms with Crippen molar-refractivity contribution < 1.29 is 4.79 Å². The summed E-state index contributed by atoms with van der Waals surface area (Å²) in [6.45, 7) is 2.78. The molecule has 2 N–H and O–H groups in total. The monoisotopic (exact) mass is 321 g/mol. The Morgan fingerprint density at radius 1 is 1.21 bits per heavy atom. The maximum absolute atomic E-state index is 12.5. The van der Waals surface area contributed by atoms with Gasteiger partial charge in [0, 0.05) is 31.2 Å². The van der Waals surface area contributed by atoms with Crippen LogP contribution in [0.4, 0.5) is 11.5 Å². The molecule has 0 aliphatic carbocycles. The average Bonchev–Trinajstić information content (AvgIpc) is 2.76. The fourth-order valence-corrected chi connectivity index (χ4v) is 2.90. The van der Waals surface area contributed by atoms with Gasteiger partial charge in [0.15, 0.2) is 0 Å². The topological polar surface area (TPSA) is 70.2 Å². The molecule has 1 fully saturated rings. The first kappa shape index (κ1) is 16.5. The molecule has 24 heavy (non-hydrogen) atoms. The summed E-state index contributed by atoms with van der Waals surface area (Å²) in [5.41, 5.74) is 1.12. The maximum atomic E-state index is 12.5. The van der Waals surface area contributed by atoms with E-state index in [1.807, 2.05) is 12.1 Å². The van der Waals surface area contributed by atoms with Crippen LogP contribution < -0.4 is 15.5 Å². The van der Waals surface area contributed by atoms with E-state index >= 15 is 0 Å². The molecule has 0 unspecified atom stereocenters. The van der Waals surface area contributed by atoms with Crippen molar-refractivity contribution in [2.45, 2.75) is 11.8 Å². The molecule has 0 bridgehead atoms. The molecule has 122 valence electrons. The van der Waals surface area contributed by atoms with Gasteiger partial charge in [-0.05, 0) is 42.6 Å². The Labute approximate surface area is 143 Å². The van der Waals surface area contributed by atoms with Gasteiger partial charge in [0.05, 0.1) is 0 Å². The van der Waals surface area contributed by atoms with Crippen LogP contribution in [0.2, 0.25) is 0 Å². The van der Waals surface area contributed by atoms with Crippen molar-refractivity contribution in [2.75, 3.05) is 29.9 Å². The van der Waals surface area contributed by atoms with Gasteiger partial charge in [-0.3, -0.25) is 9.78 Å². The Balaban J connectivity index is 1.82. The van der Waals surface area contributed by atoms with Gasteiger partial charge in [0.1, 0.15) is 27.2 Å². The average molecular weight is 321 g/mol. The van der Waals surface area contributed by atoms with Crippen LogP contribution in [0.5, 0.6) is 0 Å². The largest absolute Gasteiger partial charge is 0.366 e. The first-order valence-electron chi connectivity index (χ1n) is 8.23. The number of carbonyl (C=O) groups excluding carboxylic acids is 1. The number of anilines is 2. The summed E-state index contributed by atoms with van der Waals surface area (Å²) in [6.07, 6.45) is 4.32. The summed E-state index contributed by atoms with van der Waals surface area (Å²) < 4.78 is 0. The highest BCUT2D eigenvalue weighted by Crippen LogP contribution is 2.22. The van der Waals surface area contributed by atoms with Gasteiger partial charge in [-0.1, -0.05) is 6.07 Å². The van der Waals surface area contributed by atoms with Crippen LogP contribution in [0.3, 0.4) is 0 Å². The minimum atomic E-state index is -0.214. The molecule has 3 heterocycles. The Morgan fingerprint density at radius 2 is 2.00 bits per heavy atom. The lowest BCUT2D eigenvalue weighted by atomic mass is 9.59. The molecule has 0 saturated carbocycles. The highest BCUT2D eigenvalue weighted by atomic mass is 16.1. The van der Waals surface area contributed by atoms with Gasteiger partial charge < -0.3 is 15.5 Å². The van der Waals surface area contributed by atoms with Crippen molar-refractivity contribution in [3.63, 3.8) is 0 Å². The third kappa shape index (κ3) is 3.76. The predicted molar refractivity (Wildman–Crippen MR) is 101 cm³/mol. The van der Waals surface area contributed by atoms with Gasteiger partial charge in [0.25, 0.3) is 5.91 Å². The zero-order valence-corrected chi connectivity index (χ0v) is 14.1.